The molecular formula is C21H13ClN2O3. The molecule has 132 valence electrons. The van der Waals surface area contributed by atoms with Gasteiger partial charge in [0, 0.05) is 10.6 Å². The molecule has 1 unspecified atom stereocenters. The first-order chi connectivity index (χ1) is 13.1. The van der Waals surface area contributed by atoms with E-state index in [1.807, 2.05) is 18.2 Å². The fourth-order valence-corrected chi connectivity index (χ4v) is 3.67. The van der Waals surface area contributed by atoms with Gasteiger partial charge >= 0.3 is 5.91 Å². The van der Waals surface area contributed by atoms with Crippen LogP contribution in [0.15, 0.2) is 72.8 Å². The Labute approximate surface area is 160 Å². The standard InChI is InChI=1S/C21H13ClN2O3/c22-13-9-11-14(12-10-13)24-19(25)15-5-1-2-6-16(15)21(20(24)26)23-17-7-3-4-8-18(17)27-21/h1-12,23H. The summed E-state index contributed by atoms with van der Waals surface area (Å²) in [4.78, 5) is 27.8. The molecule has 3 aromatic rings. The Kier molecular flexibility index (Phi) is 3.29. The van der Waals surface area contributed by atoms with Gasteiger partial charge in [-0.15, -0.1) is 0 Å². The van der Waals surface area contributed by atoms with Crippen LogP contribution in [-0.2, 0) is 10.5 Å². The van der Waals surface area contributed by atoms with Crippen LogP contribution in [0.3, 0.4) is 0 Å². The number of anilines is 2. The highest BCUT2D eigenvalue weighted by Gasteiger charge is 2.56. The van der Waals surface area contributed by atoms with E-state index in [1.165, 1.54) is 0 Å². The van der Waals surface area contributed by atoms with Crippen LogP contribution in [0.5, 0.6) is 5.75 Å². The molecule has 5 rings (SSSR count). The van der Waals surface area contributed by atoms with E-state index in [1.54, 1.807) is 54.6 Å². The zero-order valence-corrected chi connectivity index (χ0v) is 14.7. The van der Waals surface area contributed by atoms with Gasteiger partial charge in [0.2, 0.25) is 0 Å². The van der Waals surface area contributed by atoms with Crippen LogP contribution in [0, 0.1) is 0 Å². The van der Waals surface area contributed by atoms with Gasteiger partial charge in [0.15, 0.2) is 0 Å². The Bertz CT molecular complexity index is 1070. The Balaban J connectivity index is 1.72. The van der Waals surface area contributed by atoms with Crippen molar-refractivity contribution in [3.05, 3.63) is 88.9 Å². The van der Waals surface area contributed by atoms with E-state index in [0.29, 0.717) is 33.3 Å². The quantitative estimate of drug-likeness (QED) is 0.647. The first-order valence-electron chi connectivity index (χ1n) is 8.40. The smallest absolute Gasteiger partial charge is 0.304 e. The molecule has 2 aliphatic rings. The van der Waals surface area contributed by atoms with Crippen molar-refractivity contribution in [1.29, 1.82) is 0 Å². The zero-order valence-electron chi connectivity index (χ0n) is 14.0. The first kappa shape index (κ1) is 15.9. The summed E-state index contributed by atoms with van der Waals surface area (Å²) in [6, 6.07) is 20.9. The van der Waals surface area contributed by atoms with Crippen molar-refractivity contribution in [2.75, 3.05) is 10.2 Å². The Morgan fingerprint density at radius 1 is 0.889 bits per heavy atom. The maximum atomic E-state index is 13.6. The molecule has 3 aromatic carbocycles. The largest absolute Gasteiger partial charge is 0.452 e. The molecule has 0 aromatic heterocycles. The third-order valence-corrected chi connectivity index (χ3v) is 5.04. The van der Waals surface area contributed by atoms with E-state index in [9.17, 15) is 9.59 Å². The van der Waals surface area contributed by atoms with Crippen molar-refractivity contribution in [2.45, 2.75) is 5.72 Å². The van der Waals surface area contributed by atoms with Crippen molar-refractivity contribution in [2.24, 2.45) is 0 Å². The second kappa shape index (κ2) is 5.59. The van der Waals surface area contributed by atoms with E-state index < -0.39 is 17.5 Å². The van der Waals surface area contributed by atoms with Crippen LogP contribution in [0.4, 0.5) is 11.4 Å². The van der Waals surface area contributed by atoms with E-state index in [2.05, 4.69) is 5.32 Å². The van der Waals surface area contributed by atoms with Gasteiger partial charge in [-0.05, 0) is 42.5 Å². The van der Waals surface area contributed by atoms with Gasteiger partial charge in [0.05, 0.1) is 16.9 Å². The summed E-state index contributed by atoms with van der Waals surface area (Å²) in [7, 11) is 0. The van der Waals surface area contributed by atoms with Crippen molar-refractivity contribution in [1.82, 2.24) is 0 Å². The van der Waals surface area contributed by atoms with Crippen LogP contribution < -0.4 is 15.0 Å². The number of imide groups is 1. The summed E-state index contributed by atoms with van der Waals surface area (Å²) in [5.74, 6) is -0.333. The molecule has 0 fully saturated rings. The van der Waals surface area contributed by atoms with Gasteiger partial charge in [-0.3, -0.25) is 9.59 Å². The van der Waals surface area contributed by atoms with Crippen molar-refractivity contribution < 1.29 is 14.3 Å². The van der Waals surface area contributed by atoms with Crippen LogP contribution >= 0.6 is 11.6 Å². The van der Waals surface area contributed by atoms with Crippen LogP contribution in [0.25, 0.3) is 0 Å². The average molecular weight is 377 g/mol. The Morgan fingerprint density at radius 3 is 2.37 bits per heavy atom. The summed E-state index contributed by atoms with van der Waals surface area (Å²) in [5, 5.41) is 3.72. The summed E-state index contributed by atoms with van der Waals surface area (Å²) in [5.41, 5.74) is 0.554. The number of para-hydroxylation sites is 2. The van der Waals surface area contributed by atoms with E-state index in [0.717, 1.165) is 4.90 Å². The lowest BCUT2D eigenvalue weighted by molar-refractivity contribution is -0.131. The highest BCUT2D eigenvalue weighted by atomic mass is 35.5. The third-order valence-electron chi connectivity index (χ3n) is 4.79. The lowest BCUT2D eigenvalue weighted by Crippen LogP contribution is -2.59. The number of benzene rings is 3. The molecule has 6 heteroatoms. The molecule has 27 heavy (non-hydrogen) atoms. The van der Waals surface area contributed by atoms with Gasteiger partial charge in [0.25, 0.3) is 11.6 Å². The van der Waals surface area contributed by atoms with Gasteiger partial charge in [-0.1, -0.05) is 41.9 Å². The van der Waals surface area contributed by atoms with Crippen molar-refractivity contribution in [3.63, 3.8) is 0 Å². The molecule has 0 bridgehead atoms. The number of ether oxygens (including phenoxy) is 1. The van der Waals surface area contributed by atoms with E-state index in [4.69, 9.17) is 16.3 Å². The zero-order chi connectivity index (χ0) is 18.6. The lowest BCUT2D eigenvalue weighted by Gasteiger charge is -2.38. The number of rotatable bonds is 1. The number of carbonyl (C=O) groups excluding carboxylic acids is 2. The Hall–Kier alpha value is -3.31. The summed E-state index contributed by atoms with van der Waals surface area (Å²) in [6.07, 6.45) is 0. The number of nitrogens with zero attached hydrogens (tertiary/aromatic N) is 1. The van der Waals surface area contributed by atoms with E-state index >= 15 is 0 Å². The molecule has 2 amide bonds. The summed E-state index contributed by atoms with van der Waals surface area (Å²) >= 11 is 5.96. The molecule has 2 aliphatic heterocycles. The molecule has 0 saturated carbocycles. The predicted octanol–water partition coefficient (Wildman–Crippen LogP) is 4.18. The van der Waals surface area contributed by atoms with Gasteiger partial charge < -0.3 is 10.1 Å². The number of carbonyl (C=O) groups is 2. The van der Waals surface area contributed by atoms with Crippen molar-refractivity contribution >= 4 is 34.8 Å². The highest BCUT2D eigenvalue weighted by Crippen LogP contribution is 2.46. The minimum absolute atomic E-state index is 0.398. The van der Waals surface area contributed by atoms with E-state index in [-0.39, 0.29) is 0 Å². The lowest BCUT2D eigenvalue weighted by atomic mass is 9.90. The van der Waals surface area contributed by atoms with Crippen LogP contribution in [-0.4, -0.2) is 11.8 Å². The molecule has 1 N–H and O–H groups in total. The van der Waals surface area contributed by atoms with Crippen LogP contribution in [0.2, 0.25) is 5.02 Å². The molecule has 5 nitrogen and oxygen atoms in total. The maximum Gasteiger partial charge on any atom is 0.304 e. The second-order valence-corrected chi connectivity index (χ2v) is 6.81. The summed E-state index contributed by atoms with van der Waals surface area (Å²) < 4.78 is 6.12. The molecule has 2 heterocycles. The molecule has 1 atom stereocenters. The van der Waals surface area contributed by atoms with Gasteiger partial charge in [0.1, 0.15) is 5.75 Å². The molecular weight excluding hydrogens is 364 g/mol. The fraction of sp³-hybridized carbons (Fsp3) is 0.0476. The number of nitrogens with one attached hydrogen (secondary N) is 1. The molecule has 0 aliphatic carbocycles. The fourth-order valence-electron chi connectivity index (χ4n) is 3.55. The Morgan fingerprint density at radius 2 is 1.59 bits per heavy atom. The number of hydrogen-bond donors (Lipinski definition) is 1. The maximum absolute atomic E-state index is 13.6. The monoisotopic (exact) mass is 376 g/mol. The molecule has 0 saturated heterocycles. The average Bonchev–Trinajstić information content (AvgIpc) is 3.09. The normalized spacial score (nSPS) is 20.1. The summed E-state index contributed by atoms with van der Waals surface area (Å²) in [6.45, 7) is 0. The van der Waals surface area contributed by atoms with Gasteiger partial charge in [-0.2, -0.15) is 0 Å². The first-order valence-corrected chi connectivity index (χ1v) is 8.78. The molecule has 0 radical (unpaired) electrons. The highest BCUT2D eigenvalue weighted by molar-refractivity contribution is 6.31. The topological polar surface area (TPSA) is 58.6 Å². The minimum atomic E-state index is -1.49. The third kappa shape index (κ3) is 2.18. The predicted molar refractivity (Wildman–Crippen MR) is 102 cm³/mol. The van der Waals surface area contributed by atoms with Crippen molar-refractivity contribution in [3.8, 4) is 5.75 Å². The number of amides is 2. The number of halogens is 1. The number of fused-ring (bicyclic) bond motifs is 3. The molecule has 1 spiro atoms. The second-order valence-electron chi connectivity index (χ2n) is 6.37. The number of hydrogen-bond acceptors (Lipinski definition) is 4. The van der Waals surface area contributed by atoms with Crippen LogP contribution in [0.1, 0.15) is 15.9 Å². The minimum Gasteiger partial charge on any atom is -0.452 e. The SMILES string of the molecule is O=C1c2ccccc2C2(Nc3ccccc3O2)C(=O)N1c1ccc(Cl)cc1. The van der Waals surface area contributed by atoms with Gasteiger partial charge in [-0.25, -0.2) is 4.90 Å².